The van der Waals surface area contributed by atoms with Crippen molar-refractivity contribution >= 4 is 21.8 Å². The maximum Gasteiger partial charge on any atom is 0.415 e. The van der Waals surface area contributed by atoms with Gasteiger partial charge in [-0.1, -0.05) is 36.1 Å². The molecule has 0 fully saturated rings. The van der Waals surface area contributed by atoms with Gasteiger partial charge in [-0.2, -0.15) is 0 Å². The third-order valence-corrected chi connectivity index (χ3v) is 11.1. The van der Waals surface area contributed by atoms with Crippen molar-refractivity contribution < 1.29 is 60.7 Å². The average molecular weight is 746 g/mol. The quantitative estimate of drug-likeness (QED) is 0.138. The molecule has 1 aromatic heterocycles. The van der Waals surface area contributed by atoms with Crippen molar-refractivity contribution in [3.63, 3.8) is 0 Å². The van der Waals surface area contributed by atoms with Crippen LogP contribution < -0.4 is 28.6 Å². The first-order valence-electron chi connectivity index (χ1n) is 16.6. The van der Waals surface area contributed by atoms with Gasteiger partial charge < -0.3 is 38.4 Å². The Morgan fingerprint density at radius 3 is 2.51 bits per heavy atom. The van der Waals surface area contributed by atoms with Crippen molar-refractivity contribution in [1.82, 2.24) is 10.1 Å². The minimum Gasteiger partial charge on any atom is -0.461 e. The molecular formula is C36H31N3O13S. The van der Waals surface area contributed by atoms with E-state index in [1.54, 1.807) is 6.07 Å². The van der Waals surface area contributed by atoms with Crippen molar-refractivity contribution in [2.45, 2.75) is 53.8 Å². The molecule has 0 amide bonds. The van der Waals surface area contributed by atoms with Gasteiger partial charge in [0.15, 0.2) is 36.2 Å². The highest BCUT2D eigenvalue weighted by Gasteiger charge is 2.47. The molecule has 0 bridgehead atoms. The summed E-state index contributed by atoms with van der Waals surface area (Å²) in [5.41, 5.74) is 4.04. The van der Waals surface area contributed by atoms with Gasteiger partial charge in [0.1, 0.15) is 6.10 Å². The van der Waals surface area contributed by atoms with E-state index in [1.807, 2.05) is 31.3 Å². The molecule has 1 aliphatic carbocycles. The number of benzene rings is 3. The van der Waals surface area contributed by atoms with E-state index in [9.17, 15) is 23.2 Å². The summed E-state index contributed by atoms with van der Waals surface area (Å²) >= 11 is 0. The molecule has 4 aliphatic rings. The number of nitrogens with zero attached hydrogens (tertiary/aromatic N) is 3. The second-order valence-electron chi connectivity index (χ2n) is 12.5. The van der Waals surface area contributed by atoms with Crippen LogP contribution in [0.5, 0.6) is 28.9 Å². The van der Waals surface area contributed by atoms with Crippen molar-refractivity contribution in [3.8, 4) is 40.7 Å². The molecule has 0 unspecified atom stereocenters. The molecule has 274 valence electrons. The third kappa shape index (κ3) is 6.40. The molecule has 0 spiro atoms. The number of hydrogen-bond acceptors (Lipinski definition) is 15. The van der Waals surface area contributed by atoms with E-state index in [0.29, 0.717) is 36.0 Å². The Kier molecular flexibility index (Phi) is 8.92. The lowest BCUT2D eigenvalue weighted by atomic mass is 9.70. The molecule has 17 heteroatoms. The fourth-order valence-corrected chi connectivity index (χ4v) is 8.42. The molecule has 0 saturated carbocycles. The van der Waals surface area contributed by atoms with Gasteiger partial charge in [0.2, 0.25) is 13.6 Å². The molecule has 0 radical (unpaired) electrons. The molecule has 3 aromatic carbocycles. The normalized spacial score (nSPS) is 19.2. The predicted molar refractivity (Wildman–Crippen MR) is 176 cm³/mol. The van der Waals surface area contributed by atoms with Crippen molar-refractivity contribution in [3.05, 3.63) is 82.1 Å². The summed E-state index contributed by atoms with van der Waals surface area (Å²) in [7, 11) is -2.27. The van der Waals surface area contributed by atoms with Crippen LogP contribution in [0, 0.1) is 17.0 Å². The number of carbonyl (C=O) groups excluding carboxylic acids is 2. The lowest BCUT2D eigenvalue weighted by Gasteiger charge is -2.47. The summed E-state index contributed by atoms with van der Waals surface area (Å²) in [5, 5.41) is 14.6. The van der Waals surface area contributed by atoms with Crippen LogP contribution in [-0.2, 0) is 41.9 Å². The van der Waals surface area contributed by atoms with Gasteiger partial charge in [0.25, 0.3) is 9.84 Å². The van der Waals surface area contributed by atoms with E-state index in [4.69, 9.17) is 33.2 Å². The number of rotatable bonds is 9. The highest BCUT2D eigenvalue weighted by molar-refractivity contribution is 7.91. The maximum atomic E-state index is 13.3. The van der Waals surface area contributed by atoms with Crippen LogP contribution in [0.2, 0.25) is 0 Å². The molecule has 53 heavy (non-hydrogen) atoms. The lowest BCUT2D eigenvalue weighted by Crippen LogP contribution is -2.45. The van der Waals surface area contributed by atoms with E-state index in [1.165, 1.54) is 24.3 Å². The zero-order chi connectivity index (χ0) is 36.7. The molecule has 3 atom stereocenters. The first-order valence-corrected chi connectivity index (χ1v) is 18.0. The summed E-state index contributed by atoms with van der Waals surface area (Å²) in [6, 6.07) is 14.9. The van der Waals surface area contributed by atoms with Crippen LogP contribution in [0.4, 0.5) is 0 Å². The number of carbonyl (C=O) groups is 2. The van der Waals surface area contributed by atoms with Crippen molar-refractivity contribution in [2.75, 3.05) is 33.8 Å². The first-order chi connectivity index (χ1) is 25.7. The maximum absolute atomic E-state index is 13.3. The number of fused-ring (bicyclic) bond motifs is 8. The minimum absolute atomic E-state index is 0.135. The molecule has 0 N–H and O–H groups in total. The van der Waals surface area contributed by atoms with E-state index >= 15 is 0 Å². The standard InChI is InChI=1S/C36H31N3O13S/c1-38-18-25-23(9-10-26-34(25)50-20-47-26)32-29(16-21-15-27-28(49-19-48-27)17-24(21)33(32)38)51-31(41)12-11-30(40)45-13-5-6-14-46-35-36(39(42)52-37-35)53(43,44)22-7-3-2-4-8-22/h2-4,7-10,15,17,29,32-33H,11-14,16,18-20H2,1H3/t29-,32-,33+/m0/s1. The summed E-state index contributed by atoms with van der Waals surface area (Å²) < 4.78 is 69.5. The first kappa shape index (κ1) is 34.1. The van der Waals surface area contributed by atoms with E-state index in [2.05, 4.69) is 26.5 Å². The molecule has 8 rings (SSSR count). The predicted octanol–water partition coefficient (Wildman–Crippen LogP) is 2.74. The van der Waals surface area contributed by atoms with Gasteiger partial charge >= 0.3 is 22.8 Å². The Morgan fingerprint density at radius 1 is 0.943 bits per heavy atom. The van der Waals surface area contributed by atoms with Gasteiger partial charge in [-0.25, -0.2) is 8.42 Å². The number of aromatic nitrogens is 2. The number of hydrogen-bond donors (Lipinski definition) is 0. The fourth-order valence-electron chi connectivity index (χ4n) is 7.13. The van der Waals surface area contributed by atoms with Crippen LogP contribution in [0.25, 0.3) is 0 Å². The van der Waals surface area contributed by atoms with Gasteiger partial charge in [-0.05, 0) is 59.0 Å². The fraction of sp³-hybridized carbons (Fsp3) is 0.333. The average Bonchev–Trinajstić information content (AvgIpc) is 3.91. The number of esters is 2. The van der Waals surface area contributed by atoms with Crippen LogP contribution in [-0.4, -0.2) is 70.4 Å². The Morgan fingerprint density at radius 2 is 1.68 bits per heavy atom. The largest absolute Gasteiger partial charge is 0.461 e. The van der Waals surface area contributed by atoms with Crippen molar-refractivity contribution in [1.29, 1.82) is 0 Å². The second kappa shape index (κ2) is 13.9. The number of ether oxygens (including phenoxy) is 7. The molecular weight excluding hydrogens is 714 g/mol. The van der Waals surface area contributed by atoms with Crippen molar-refractivity contribution in [2.24, 2.45) is 0 Å². The SMILES string of the molecule is CN1Cc2c(ccc3c2OCO3)[C@H]2[C@@H](OC(=O)CCC(=O)OCC#CCOc3no[n+]([O-])c3S(=O)(=O)c3ccccc3)Cc3cc4c(cc3[C@H]21)OCO4. The molecule has 16 nitrogen and oxygen atoms in total. The van der Waals surface area contributed by atoms with Crippen LogP contribution in [0.3, 0.4) is 0 Å². The van der Waals surface area contributed by atoms with E-state index in [-0.39, 0.29) is 61.4 Å². The van der Waals surface area contributed by atoms with Crippen LogP contribution in [0.1, 0.15) is 47.1 Å². The molecule has 0 saturated heterocycles. The van der Waals surface area contributed by atoms with Gasteiger partial charge in [-0.15, -0.1) is 0 Å². The van der Waals surface area contributed by atoms with Gasteiger partial charge in [-0.3, -0.25) is 19.1 Å². The highest BCUT2D eigenvalue weighted by atomic mass is 32.2. The number of likely N-dealkylation sites (N-methyl/N-ethyl adjacent to an activating group) is 1. The zero-order valence-corrected chi connectivity index (χ0v) is 29.0. The second-order valence-corrected chi connectivity index (χ2v) is 14.4. The number of sulfone groups is 1. The third-order valence-electron chi connectivity index (χ3n) is 9.42. The summed E-state index contributed by atoms with van der Waals surface area (Å²) in [5.74, 6) is 5.74. The molecule has 3 aliphatic heterocycles. The highest BCUT2D eigenvalue weighted by Crippen LogP contribution is 2.54. The topological polar surface area (TPSA) is 189 Å². The van der Waals surface area contributed by atoms with Gasteiger partial charge in [0.05, 0.1) is 22.9 Å². The van der Waals surface area contributed by atoms with E-state index < -0.39 is 38.8 Å². The van der Waals surface area contributed by atoms with Gasteiger partial charge in [0, 0.05) is 30.5 Å². The zero-order valence-electron chi connectivity index (χ0n) is 28.1. The summed E-state index contributed by atoms with van der Waals surface area (Å²) in [6.07, 6.45) is -0.605. The Labute approximate surface area is 302 Å². The summed E-state index contributed by atoms with van der Waals surface area (Å²) in [4.78, 5) is 27.5. The van der Waals surface area contributed by atoms with E-state index in [0.717, 1.165) is 22.3 Å². The Bertz CT molecular complexity index is 2260. The Balaban J connectivity index is 0.884. The smallest absolute Gasteiger partial charge is 0.415 e. The monoisotopic (exact) mass is 745 g/mol. The summed E-state index contributed by atoms with van der Waals surface area (Å²) in [6.45, 7) is 0.150. The Hall–Kier alpha value is -5.99. The lowest BCUT2D eigenvalue weighted by molar-refractivity contribution is -0.832. The van der Waals surface area contributed by atoms with Crippen LogP contribution >= 0.6 is 0 Å². The minimum atomic E-state index is -4.29. The molecule has 4 aromatic rings. The van der Waals surface area contributed by atoms with Crippen LogP contribution in [0.15, 0.2) is 69.1 Å². The molecule has 4 heterocycles.